The van der Waals surface area contributed by atoms with Crippen LogP contribution in [0.5, 0.6) is 0 Å². The predicted octanol–water partition coefficient (Wildman–Crippen LogP) is 6.20. The largest absolute Gasteiger partial charge is 0.0654 e. The van der Waals surface area contributed by atoms with Crippen LogP contribution in [0.1, 0.15) is 91.9 Å². The van der Waals surface area contributed by atoms with Crippen LogP contribution >= 0.6 is 0 Å². The summed E-state index contributed by atoms with van der Waals surface area (Å²) in [6.45, 7) is 9.61. The average molecular weight is 238 g/mol. The first-order valence-corrected chi connectivity index (χ1v) is 8.11. The number of hydrogen-bond acceptors (Lipinski definition) is 0. The van der Waals surface area contributed by atoms with E-state index in [1.54, 1.807) is 0 Å². The molecule has 0 radical (unpaired) electrons. The molecule has 0 N–H and O–H groups in total. The van der Waals surface area contributed by atoms with Gasteiger partial charge in [0.1, 0.15) is 0 Å². The Hall–Kier alpha value is 0. The molecule has 2 atom stereocenters. The van der Waals surface area contributed by atoms with Crippen molar-refractivity contribution in [2.75, 3.05) is 0 Å². The molecule has 0 aromatic carbocycles. The molecule has 0 aromatic rings. The molecule has 1 saturated carbocycles. The van der Waals surface area contributed by atoms with Crippen LogP contribution in [0.3, 0.4) is 0 Å². The summed E-state index contributed by atoms with van der Waals surface area (Å²) in [6, 6.07) is 0. The minimum absolute atomic E-state index is 0.602. The zero-order valence-corrected chi connectivity index (χ0v) is 12.7. The Bertz CT molecular complexity index is 192. The van der Waals surface area contributed by atoms with Gasteiger partial charge in [0.15, 0.2) is 0 Å². The van der Waals surface area contributed by atoms with Crippen molar-refractivity contribution in [3.05, 3.63) is 0 Å². The fraction of sp³-hybridized carbons (Fsp3) is 1.00. The Kier molecular flexibility index (Phi) is 6.59. The Morgan fingerprint density at radius 1 is 0.882 bits per heavy atom. The van der Waals surface area contributed by atoms with Crippen LogP contribution in [0.25, 0.3) is 0 Å². The lowest BCUT2D eigenvalue weighted by Crippen LogP contribution is -2.37. The molecule has 0 aromatic heterocycles. The highest BCUT2D eigenvalue weighted by Gasteiger charge is 2.39. The first-order chi connectivity index (χ1) is 8.11. The highest BCUT2D eigenvalue weighted by molar-refractivity contribution is 4.90. The molecular weight excluding hydrogens is 204 g/mol. The minimum Gasteiger partial charge on any atom is -0.0654 e. The van der Waals surface area contributed by atoms with Crippen molar-refractivity contribution in [2.45, 2.75) is 91.9 Å². The van der Waals surface area contributed by atoms with Crippen LogP contribution in [0.15, 0.2) is 0 Å². The third-order valence-electron chi connectivity index (χ3n) is 5.26. The van der Waals surface area contributed by atoms with Gasteiger partial charge in [0.25, 0.3) is 0 Å². The third-order valence-corrected chi connectivity index (χ3v) is 5.26. The summed E-state index contributed by atoms with van der Waals surface area (Å²) in [7, 11) is 0. The van der Waals surface area contributed by atoms with Gasteiger partial charge in [-0.2, -0.15) is 0 Å². The number of hydrogen-bond donors (Lipinski definition) is 0. The predicted molar refractivity (Wildman–Crippen MR) is 78.3 cm³/mol. The zero-order chi connectivity index (χ0) is 12.7. The van der Waals surface area contributed by atoms with E-state index in [-0.39, 0.29) is 0 Å². The average Bonchev–Trinajstić information content (AvgIpc) is 2.26. The number of unbranched alkanes of at least 4 members (excludes halogenated alkanes) is 5. The van der Waals surface area contributed by atoms with E-state index in [0.717, 1.165) is 11.8 Å². The van der Waals surface area contributed by atoms with Gasteiger partial charge in [-0.3, -0.25) is 0 Å². The monoisotopic (exact) mass is 238 g/mol. The second kappa shape index (κ2) is 7.44. The topological polar surface area (TPSA) is 0 Å². The van der Waals surface area contributed by atoms with Gasteiger partial charge in [-0.05, 0) is 30.1 Å². The normalized spacial score (nSPS) is 24.7. The molecule has 1 fully saturated rings. The van der Waals surface area contributed by atoms with E-state index in [0.29, 0.717) is 5.41 Å². The van der Waals surface area contributed by atoms with Crippen LogP contribution in [-0.4, -0.2) is 0 Å². The molecule has 0 amide bonds. The van der Waals surface area contributed by atoms with Gasteiger partial charge in [-0.15, -0.1) is 0 Å². The molecule has 1 aliphatic carbocycles. The van der Waals surface area contributed by atoms with Gasteiger partial charge in [0.05, 0.1) is 0 Å². The van der Waals surface area contributed by atoms with Crippen molar-refractivity contribution in [1.82, 2.24) is 0 Å². The minimum atomic E-state index is 0.602. The second-order valence-electron chi connectivity index (χ2n) is 6.84. The van der Waals surface area contributed by atoms with Gasteiger partial charge >= 0.3 is 0 Å². The van der Waals surface area contributed by atoms with E-state index in [4.69, 9.17) is 0 Å². The zero-order valence-electron chi connectivity index (χ0n) is 12.7. The molecule has 2 unspecified atom stereocenters. The molecule has 0 aliphatic heterocycles. The van der Waals surface area contributed by atoms with Crippen LogP contribution < -0.4 is 0 Å². The third kappa shape index (κ3) is 4.64. The fourth-order valence-corrected chi connectivity index (χ4v) is 3.39. The first kappa shape index (κ1) is 15.1. The van der Waals surface area contributed by atoms with Crippen molar-refractivity contribution in [3.8, 4) is 0 Å². The summed E-state index contributed by atoms with van der Waals surface area (Å²) in [5.41, 5.74) is 0.602. The highest BCUT2D eigenvalue weighted by Crippen LogP contribution is 2.49. The van der Waals surface area contributed by atoms with Crippen molar-refractivity contribution in [1.29, 1.82) is 0 Å². The maximum absolute atomic E-state index is 2.48. The Balaban J connectivity index is 2.08. The molecule has 1 aliphatic rings. The molecule has 17 heavy (non-hydrogen) atoms. The highest BCUT2D eigenvalue weighted by atomic mass is 14.4. The van der Waals surface area contributed by atoms with E-state index in [1.165, 1.54) is 64.2 Å². The van der Waals surface area contributed by atoms with Gasteiger partial charge in [-0.1, -0.05) is 79.1 Å². The summed E-state index contributed by atoms with van der Waals surface area (Å²) >= 11 is 0. The molecular formula is C17H34. The summed E-state index contributed by atoms with van der Waals surface area (Å²) in [4.78, 5) is 0. The van der Waals surface area contributed by atoms with Crippen LogP contribution in [-0.2, 0) is 0 Å². The SMILES string of the molecule is CCCCCCCCC1CCC1C(C)(C)CC. The molecule has 1 rings (SSSR count). The van der Waals surface area contributed by atoms with Crippen molar-refractivity contribution < 1.29 is 0 Å². The molecule has 0 bridgehead atoms. The van der Waals surface area contributed by atoms with E-state index < -0.39 is 0 Å². The molecule has 0 saturated heterocycles. The molecule has 0 heterocycles. The van der Waals surface area contributed by atoms with E-state index in [1.807, 2.05) is 0 Å². The van der Waals surface area contributed by atoms with Crippen molar-refractivity contribution >= 4 is 0 Å². The smallest absolute Gasteiger partial charge is 0.0326 e. The van der Waals surface area contributed by atoms with Crippen LogP contribution in [0.4, 0.5) is 0 Å². The Morgan fingerprint density at radius 2 is 1.53 bits per heavy atom. The van der Waals surface area contributed by atoms with E-state index in [2.05, 4.69) is 27.7 Å². The summed E-state index contributed by atoms with van der Waals surface area (Å²) in [5.74, 6) is 2.10. The first-order valence-electron chi connectivity index (χ1n) is 8.11. The fourth-order valence-electron chi connectivity index (χ4n) is 3.39. The number of rotatable bonds is 9. The van der Waals surface area contributed by atoms with Crippen molar-refractivity contribution in [3.63, 3.8) is 0 Å². The van der Waals surface area contributed by atoms with Gasteiger partial charge in [0.2, 0.25) is 0 Å². The summed E-state index contributed by atoms with van der Waals surface area (Å²) < 4.78 is 0. The summed E-state index contributed by atoms with van der Waals surface area (Å²) in [6.07, 6.45) is 14.6. The van der Waals surface area contributed by atoms with Gasteiger partial charge in [0, 0.05) is 0 Å². The maximum atomic E-state index is 2.48. The lowest BCUT2D eigenvalue weighted by Gasteiger charge is -2.47. The standard InChI is InChI=1S/C17H34/c1-5-7-8-9-10-11-12-15-13-14-16(15)17(3,4)6-2/h15-16H,5-14H2,1-4H3. The Morgan fingerprint density at radius 3 is 2.06 bits per heavy atom. The lowest BCUT2D eigenvalue weighted by atomic mass is 9.58. The second-order valence-corrected chi connectivity index (χ2v) is 6.84. The van der Waals surface area contributed by atoms with E-state index in [9.17, 15) is 0 Å². The quantitative estimate of drug-likeness (QED) is 0.419. The van der Waals surface area contributed by atoms with Crippen LogP contribution in [0, 0.1) is 17.3 Å². The molecule has 0 heteroatoms. The van der Waals surface area contributed by atoms with E-state index >= 15 is 0 Å². The van der Waals surface area contributed by atoms with Crippen molar-refractivity contribution in [2.24, 2.45) is 17.3 Å². The van der Waals surface area contributed by atoms with Gasteiger partial charge in [-0.25, -0.2) is 0 Å². The van der Waals surface area contributed by atoms with Gasteiger partial charge < -0.3 is 0 Å². The maximum Gasteiger partial charge on any atom is -0.0326 e. The molecule has 0 spiro atoms. The Labute approximate surface area is 110 Å². The summed E-state index contributed by atoms with van der Waals surface area (Å²) in [5, 5.41) is 0. The van der Waals surface area contributed by atoms with Crippen LogP contribution in [0.2, 0.25) is 0 Å². The molecule has 0 nitrogen and oxygen atoms in total. The lowest BCUT2D eigenvalue weighted by molar-refractivity contribution is 0.0330. The molecule has 102 valence electrons.